The summed E-state index contributed by atoms with van der Waals surface area (Å²) in [7, 11) is 0. The van der Waals surface area contributed by atoms with Crippen LogP contribution in [-0.4, -0.2) is 5.09 Å². The molecule has 0 aliphatic heterocycles. The number of hydrogen-bond acceptors (Lipinski definition) is 3. The summed E-state index contributed by atoms with van der Waals surface area (Å²) in [4.78, 5) is 14.5. The normalized spacial score (nSPS) is 11.1. The fourth-order valence-corrected chi connectivity index (χ4v) is 1.50. The zero-order valence-corrected chi connectivity index (χ0v) is 9.19. The molecule has 0 aromatic heterocycles. The van der Waals surface area contributed by atoms with Gasteiger partial charge in [0.05, 0.1) is 0 Å². The zero-order valence-electron chi connectivity index (χ0n) is 9.19. The van der Waals surface area contributed by atoms with Crippen molar-refractivity contribution in [2.45, 2.75) is 32.8 Å². The Morgan fingerprint density at radius 3 is 2.47 bits per heavy atom. The van der Waals surface area contributed by atoms with E-state index in [1.54, 1.807) is 0 Å². The first-order valence-corrected chi connectivity index (χ1v) is 4.77. The highest BCUT2D eigenvalue weighted by molar-refractivity contribution is 5.32. The van der Waals surface area contributed by atoms with Crippen molar-refractivity contribution >= 4 is 0 Å². The van der Waals surface area contributed by atoms with E-state index in [0.717, 1.165) is 11.1 Å². The van der Waals surface area contributed by atoms with Crippen LogP contribution in [0.25, 0.3) is 0 Å². The highest BCUT2D eigenvalue weighted by atomic mass is 16.9. The van der Waals surface area contributed by atoms with Crippen molar-refractivity contribution in [3.05, 3.63) is 45.5 Å². The van der Waals surface area contributed by atoms with Crippen LogP contribution >= 0.6 is 0 Å². The Labute approximate surface area is 89.0 Å². The minimum atomic E-state index is -0.764. The number of hydrogen-bond donors (Lipinski definition) is 0. The van der Waals surface area contributed by atoms with Crippen LogP contribution in [0.5, 0.6) is 0 Å². The van der Waals surface area contributed by atoms with Crippen LogP contribution in [-0.2, 0) is 16.9 Å². The molecule has 0 radical (unpaired) electrons. The average molecular weight is 209 g/mol. The Morgan fingerprint density at radius 1 is 1.33 bits per heavy atom. The summed E-state index contributed by atoms with van der Waals surface area (Å²) in [6.45, 7) is 6.22. The van der Waals surface area contributed by atoms with Gasteiger partial charge in [-0.1, -0.05) is 45.0 Å². The Hall–Kier alpha value is -1.58. The predicted octanol–water partition coefficient (Wildman–Crippen LogP) is 2.69. The first-order valence-electron chi connectivity index (χ1n) is 4.77. The molecule has 4 heteroatoms. The molecular weight excluding hydrogens is 194 g/mol. The van der Waals surface area contributed by atoms with Crippen LogP contribution in [0.2, 0.25) is 0 Å². The van der Waals surface area contributed by atoms with E-state index in [0.29, 0.717) is 0 Å². The Morgan fingerprint density at radius 2 is 1.93 bits per heavy atom. The predicted molar refractivity (Wildman–Crippen MR) is 56.9 cm³/mol. The maximum atomic E-state index is 10.1. The van der Waals surface area contributed by atoms with Crippen molar-refractivity contribution in [2.75, 3.05) is 0 Å². The van der Waals surface area contributed by atoms with Crippen molar-refractivity contribution in [2.24, 2.45) is 0 Å². The standard InChI is InChI=1S/C11H15NO3/c1-11(2,3)10-7-5-4-6-9(10)8-15-12(13)14/h4-7H,8H2,1-3H3. The van der Waals surface area contributed by atoms with Gasteiger partial charge in [-0.3, -0.25) is 0 Å². The van der Waals surface area contributed by atoms with E-state index >= 15 is 0 Å². The third-order valence-electron chi connectivity index (χ3n) is 2.15. The van der Waals surface area contributed by atoms with Crippen molar-refractivity contribution < 1.29 is 9.92 Å². The maximum Gasteiger partial charge on any atom is 0.294 e. The summed E-state index contributed by atoms with van der Waals surface area (Å²) < 4.78 is 0. The van der Waals surface area contributed by atoms with Gasteiger partial charge in [-0.25, -0.2) is 0 Å². The second-order valence-corrected chi connectivity index (χ2v) is 4.40. The monoisotopic (exact) mass is 209 g/mol. The van der Waals surface area contributed by atoms with E-state index in [2.05, 4.69) is 25.6 Å². The van der Waals surface area contributed by atoms with E-state index in [1.165, 1.54) is 0 Å². The van der Waals surface area contributed by atoms with Gasteiger partial charge in [0.15, 0.2) is 0 Å². The van der Waals surface area contributed by atoms with Gasteiger partial charge in [-0.05, 0) is 16.5 Å². The minimum Gasteiger partial charge on any atom is -0.309 e. The lowest BCUT2D eigenvalue weighted by molar-refractivity contribution is -0.763. The fraction of sp³-hybridized carbons (Fsp3) is 0.455. The Bertz CT molecular complexity index is 355. The molecule has 0 spiro atoms. The molecule has 0 saturated heterocycles. The molecule has 0 fully saturated rings. The van der Waals surface area contributed by atoms with Gasteiger partial charge in [0.25, 0.3) is 5.09 Å². The Kier molecular flexibility index (Phi) is 3.29. The summed E-state index contributed by atoms with van der Waals surface area (Å²) in [5, 5.41) is 9.35. The van der Waals surface area contributed by atoms with E-state index in [9.17, 15) is 10.1 Å². The average Bonchev–Trinajstić information content (AvgIpc) is 2.13. The number of benzene rings is 1. The molecule has 1 rings (SSSR count). The summed E-state index contributed by atoms with van der Waals surface area (Å²) in [5.41, 5.74) is 1.91. The van der Waals surface area contributed by atoms with Crippen molar-refractivity contribution in [1.29, 1.82) is 0 Å². The molecule has 15 heavy (non-hydrogen) atoms. The molecule has 0 atom stereocenters. The Balaban J connectivity index is 2.92. The van der Waals surface area contributed by atoms with E-state index in [4.69, 9.17) is 0 Å². The highest BCUT2D eigenvalue weighted by Crippen LogP contribution is 2.25. The lowest BCUT2D eigenvalue weighted by Gasteiger charge is -2.22. The van der Waals surface area contributed by atoms with Gasteiger partial charge in [0.1, 0.15) is 6.61 Å². The third kappa shape index (κ3) is 3.23. The van der Waals surface area contributed by atoms with Gasteiger partial charge < -0.3 is 4.84 Å². The maximum absolute atomic E-state index is 10.1. The molecule has 0 aliphatic rings. The fourth-order valence-electron chi connectivity index (χ4n) is 1.50. The van der Waals surface area contributed by atoms with Crippen LogP contribution in [0.3, 0.4) is 0 Å². The first kappa shape index (κ1) is 11.5. The molecule has 4 nitrogen and oxygen atoms in total. The van der Waals surface area contributed by atoms with Crippen LogP contribution in [0.4, 0.5) is 0 Å². The number of rotatable bonds is 3. The van der Waals surface area contributed by atoms with Crippen LogP contribution in [0.1, 0.15) is 31.9 Å². The second-order valence-electron chi connectivity index (χ2n) is 4.40. The summed E-state index contributed by atoms with van der Waals surface area (Å²) in [6, 6.07) is 7.60. The summed E-state index contributed by atoms with van der Waals surface area (Å²) in [5.74, 6) is 0. The van der Waals surface area contributed by atoms with E-state index in [-0.39, 0.29) is 12.0 Å². The van der Waals surface area contributed by atoms with Crippen molar-refractivity contribution in [1.82, 2.24) is 0 Å². The highest BCUT2D eigenvalue weighted by Gasteiger charge is 2.17. The molecule has 1 aromatic carbocycles. The van der Waals surface area contributed by atoms with Crippen LogP contribution in [0.15, 0.2) is 24.3 Å². The smallest absolute Gasteiger partial charge is 0.294 e. The SMILES string of the molecule is CC(C)(C)c1ccccc1CO[N+](=O)[O-]. The molecule has 0 unspecified atom stereocenters. The second kappa shape index (κ2) is 4.29. The molecule has 1 aromatic rings. The van der Waals surface area contributed by atoms with Gasteiger partial charge in [-0.15, -0.1) is 10.1 Å². The van der Waals surface area contributed by atoms with Crippen molar-refractivity contribution in [3.63, 3.8) is 0 Å². The molecule has 0 N–H and O–H groups in total. The largest absolute Gasteiger partial charge is 0.309 e. The quantitative estimate of drug-likeness (QED) is 0.568. The zero-order chi connectivity index (χ0) is 11.5. The van der Waals surface area contributed by atoms with E-state index in [1.807, 2.05) is 24.3 Å². The molecule has 0 aliphatic carbocycles. The molecule has 0 amide bonds. The molecular formula is C11H15NO3. The minimum absolute atomic E-state index is 0.0143. The molecule has 0 heterocycles. The molecule has 82 valence electrons. The van der Waals surface area contributed by atoms with Gasteiger partial charge in [0, 0.05) is 0 Å². The van der Waals surface area contributed by atoms with Gasteiger partial charge in [-0.2, -0.15) is 0 Å². The lowest BCUT2D eigenvalue weighted by Crippen LogP contribution is -2.15. The van der Waals surface area contributed by atoms with Gasteiger partial charge in [0.2, 0.25) is 0 Å². The lowest BCUT2D eigenvalue weighted by atomic mass is 9.84. The summed E-state index contributed by atoms with van der Waals surface area (Å²) in [6.07, 6.45) is 0. The topological polar surface area (TPSA) is 52.4 Å². The summed E-state index contributed by atoms with van der Waals surface area (Å²) >= 11 is 0. The molecule has 0 saturated carbocycles. The third-order valence-corrected chi connectivity index (χ3v) is 2.15. The van der Waals surface area contributed by atoms with Crippen LogP contribution in [0, 0.1) is 10.1 Å². The van der Waals surface area contributed by atoms with Crippen molar-refractivity contribution in [3.8, 4) is 0 Å². The number of nitrogens with zero attached hydrogens (tertiary/aromatic N) is 1. The molecule has 0 bridgehead atoms. The van der Waals surface area contributed by atoms with Gasteiger partial charge >= 0.3 is 0 Å². The van der Waals surface area contributed by atoms with Crippen LogP contribution < -0.4 is 0 Å². The first-order chi connectivity index (χ1) is 6.91. The van der Waals surface area contributed by atoms with E-state index < -0.39 is 5.09 Å².